The summed E-state index contributed by atoms with van der Waals surface area (Å²) in [7, 11) is -3.76. The monoisotopic (exact) mass is 424 g/mol. The molecule has 0 fully saturated rings. The van der Waals surface area contributed by atoms with E-state index in [1.165, 1.54) is 30.3 Å². The predicted octanol–water partition coefficient (Wildman–Crippen LogP) is 4.77. The number of rotatable bonds is 6. The third-order valence-electron chi connectivity index (χ3n) is 4.38. The average Bonchev–Trinajstić information content (AvgIpc) is 3.25. The fraction of sp³-hybridized carbons (Fsp3) is 0.0909. The van der Waals surface area contributed by atoms with Crippen LogP contribution in [-0.4, -0.2) is 25.2 Å². The summed E-state index contributed by atoms with van der Waals surface area (Å²) in [6.07, 6.45) is 0. The lowest BCUT2D eigenvalue weighted by atomic mass is 10.2. The molecule has 0 amide bonds. The molecule has 0 saturated carbocycles. The van der Waals surface area contributed by atoms with Crippen LogP contribution in [0.1, 0.15) is 6.92 Å². The molecule has 8 heteroatoms. The Morgan fingerprint density at radius 1 is 0.933 bits per heavy atom. The van der Waals surface area contributed by atoms with Crippen molar-refractivity contribution in [1.29, 1.82) is 0 Å². The van der Waals surface area contributed by atoms with Crippen molar-refractivity contribution < 1.29 is 22.1 Å². The average molecular weight is 424 g/mol. The standard InChI is InChI=1S/C22H17FN2O4S/c1-2-28-19-5-3-4-6-20(19)30(26,27)18-13-9-16(10-14-18)22-24-21(25-29-22)15-7-11-17(23)12-8-15/h3-14H,2H2,1H3. The molecule has 0 spiro atoms. The van der Waals surface area contributed by atoms with Crippen molar-refractivity contribution in [3.05, 3.63) is 78.6 Å². The Kier molecular flexibility index (Phi) is 5.33. The molecule has 0 aliphatic rings. The lowest BCUT2D eigenvalue weighted by Gasteiger charge is -2.11. The van der Waals surface area contributed by atoms with Gasteiger partial charge in [0.25, 0.3) is 5.89 Å². The van der Waals surface area contributed by atoms with Gasteiger partial charge < -0.3 is 9.26 Å². The lowest BCUT2D eigenvalue weighted by Crippen LogP contribution is -2.05. The first kappa shape index (κ1) is 19.8. The van der Waals surface area contributed by atoms with Gasteiger partial charge in [-0.05, 0) is 67.6 Å². The van der Waals surface area contributed by atoms with E-state index in [9.17, 15) is 12.8 Å². The molecular weight excluding hydrogens is 407 g/mol. The smallest absolute Gasteiger partial charge is 0.258 e. The minimum Gasteiger partial charge on any atom is -0.493 e. The highest BCUT2D eigenvalue weighted by atomic mass is 32.2. The van der Waals surface area contributed by atoms with Crippen molar-refractivity contribution in [2.24, 2.45) is 0 Å². The van der Waals surface area contributed by atoms with Gasteiger partial charge in [-0.2, -0.15) is 4.98 Å². The second-order valence-corrected chi connectivity index (χ2v) is 8.26. The van der Waals surface area contributed by atoms with Crippen molar-refractivity contribution >= 4 is 9.84 Å². The molecule has 1 heterocycles. The maximum absolute atomic E-state index is 13.1. The maximum atomic E-state index is 13.1. The van der Waals surface area contributed by atoms with E-state index < -0.39 is 9.84 Å². The Hall–Kier alpha value is -3.52. The van der Waals surface area contributed by atoms with E-state index in [4.69, 9.17) is 9.26 Å². The number of hydrogen-bond donors (Lipinski definition) is 0. The highest BCUT2D eigenvalue weighted by molar-refractivity contribution is 7.91. The molecule has 152 valence electrons. The molecule has 6 nitrogen and oxygen atoms in total. The molecule has 0 aliphatic carbocycles. The fourth-order valence-corrected chi connectivity index (χ4v) is 4.31. The van der Waals surface area contributed by atoms with Crippen LogP contribution < -0.4 is 4.74 Å². The normalized spacial score (nSPS) is 11.4. The molecule has 4 rings (SSSR count). The molecule has 0 saturated heterocycles. The van der Waals surface area contributed by atoms with Gasteiger partial charge in [0.2, 0.25) is 15.7 Å². The van der Waals surface area contributed by atoms with Crippen LogP contribution in [0, 0.1) is 5.82 Å². The quantitative estimate of drug-likeness (QED) is 0.443. The van der Waals surface area contributed by atoms with Crippen molar-refractivity contribution in [2.75, 3.05) is 6.61 Å². The zero-order valence-corrected chi connectivity index (χ0v) is 16.8. The van der Waals surface area contributed by atoms with Gasteiger partial charge in [0.1, 0.15) is 16.5 Å². The summed E-state index contributed by atoms with van der Waals surface area (Å²) in [5.41, 5.74) is 1.17. The summed E-state index contributed by atoms with van der Waals surface area (Å²) in [6, 6.07) is 18.4. The first-order valence-electron chi connectivity index (χ1n) is 9.16. The Morgan fingerprint density at radius 2 is 1.60 bits per heavy atom. The molecule has 0 unspecified atom stereocenters. The number of ether oxygens (including phenoxy) is 1. The van der Waals surface area contributed by atoms with E-state index in [-0.39, 0.29) is 21.5 Å². The van der Waals surface area contributed by atoms with E-state index in [0.717, 1.165) is 0 Å². The Balaban J connectivity index is 1.63. The highest BCUT2D eigenvalue weighted by Crippen LogP contribution is 2.31. The van der Waals surface area contributed by atoms with Crippen molar-refractivity contribution in [2.45, 2.75) is 16.7 Å². The van der Waals surface area contributed by atoms with Gasteiger partial charge >= 0.3 is 0 Å². The molecule has 1 aromatic heterocycles. The number of nitrogens with zero attached hydrogens (tertiary/aromatic N) is 2. The minimum atomic E-state index is -3.76. The van der Waals surface area contributed by atoms with Gasteiger partial charge in [-0.15, -0.1) is 0 Å². The third-order valence-corrected chi connectivity index (χ3v) is 6.19. The second-order valence-electron chi connectivity index (χ2n) is 6.34. The van der Waals surface area contributed by atoms with Crippen LogP contribution >= 0.6 is 0 Å². The van der Waals surface area contributed by atoms with Crippen LogP contribution in [0.3, 0.4) is 0 Å². The molecule has 0 aliphatic heterocycles. The van der Waals surface area contributed by atoms with E-state index in [1.54, 1.807) is 49.4 Å². The van der Waals surface area contributed by atoms with E-state index in [0.29, 0.717) is 29.3 Å². The predicted molar refractivity (Wildman–Crippen MR) is 108 cm³/mol. The Labute approximate surface area is 172 Å². The van der Waals surface area contributed by atoms with Crippen LogP contribution in [0.15, 0.2) is 87.1 Å². The first-order valence-corrected chi connectivity index (χ1v) is 10.6. The van der Waals surface area contributed by atoms with Crippen molar-refractivity contribution in [1.82, 2.24) is 10.1 Å². The highest BCUT2D eigenvalue weighted by Gasteiger charge is 2.22. The van der Waals surface area contributed by atoms with E-state index >= 15 is 0 Å². The van der Waals surface area contributed by atoms with Crippen molar-refractivity contribution in [3.63, 3.8) is 0 Å². The second kappa shape index (κ2) is 8.08. The molecule has 4 aromatic rings. The Bertz CT molecular complexity index is 1270. The SMILES string of the molecule is CCOc1ccccc1S(=O)(=O)c1ccc(-c2nc(-c3ccc(F)cc3)no2)cc1. The molecule has 30 heavy (non-hydrogen) atoms. The molecule has 0 N–H and O–H groups in total. The minimum absolute atomic E-state index is 0.107. The summed E-state index contributed by atoms with van der Waals surface area (Å²) >= 11 is 0. The molecule has 0 atom stereocenters. The molecule has 0 radical (unpaired) electrons. The van der Waals surface area contributed by atoms with Gasteiger partial charge in [0, 0.05) is 11.1 Å². The van der Waals surface area contributed by atoms with Crippen LogP contribution in [0.4, 0.5) is 4.39 Å². The van der Waals surface area contributed by atoms with Gasteiger partial charge in [0.15, 0.2) is 0 Å². The zero-order chi connectivity index (χ0) is 21.1. The lowest BCUT2D eigenvalue weighted by molar-refractivity contribution is 0.331. The van der Waals surface area contributed by atoms with Crippen LogP contribution in [0.25, 0.3) is 22.8 Å². The van der Waals surface area contributed by atoms with Crippen LogP contribution in [-0.2, 0) is 9.84 Å². The summed E-state index contributed by atoms with van der Waals surface area (Å²) < 4.78 is 49.9. The number of halogens is 1. The number of hydrogen-bond acceptors (Lipinski definition) is 6. The Morgan fingerprint density at radius 3 is 2.30 bits per heavy atom. The summed E-state index contributed by atoms with van der Waals surface area (Å²) in [6.45, 7) is 2.15. The van der Waals surface area contributed by atoms with E-state index in [2.05, 4.69) is 10.1 Å². The van der Waals surface area contributed by atoms with Gasteiger partial charge in [-0.1, -0.05) is 17.3 Å². The van der Waals surface area contributed by atoms with Crippen LogP contribution in [0.2, 0.25) is 0 Å². The topological polar surface area (TPSA) is 82.3 Å². The summed E-state index contributed by atoms with van der Waals surface area (Å²) in [5, 5.41) is 3.90. The van der Waals surface area contributed by atoms with Gasteiger partial charge in [-0.25, -0.2) is 12.8 Å². The largest absolute Gasteiger partial charge is 0.493 e. The summed E-state index contributed by atoms with van der Waals surface area (Å²) in [5.74, 6) is 0.496. The van der Waals surface area contributed by atoms with Crippen molar-refractivity contribution in [3.8, 4) is 28.6 Å². The first-order chi connectivity index (χ1) is 14.5. The molecule has 3 aromatic carbocycles. The van der Waals surface area contributed by atoms with E-state index in [1.807, 2.05) is 0 Å². The van der Waals surface area contributed by atoms with Crippen LogP contribution in [0.5, 0.6) is 5.75 Å². The number of para-hydroxylation sites is 1. The number of sulfone groups is 1. The fourth-order valence-electron chi connectivity index (χ4n) is 2.91. The maximum Gasteiger partial charge on any atom is 0.258 e. The third kappa shape index (κ3) is 3.81. The van der Waals surface area contributed by atoms with Gasteiger partial charge in [0.05, 0.1) is 11.5 Å². The molecule has 0 bridgehead atoms. The number of aromatic nitrogens is 2. The number of benzene rings is 3. The van der Waals surface area contributed by atoms with Gasteiger partial charge in [-0.3, -0.25) is 0 Å². The zero-order valence-electron chi connectivity index (χ0n) is 15.9. The molecular formula is C22H17FN2O4S. The summed E-state index contributed by atoms with van der Waals surface area (Å²) in [4.78, 5) is 4.53.